The van der Waals surface area contributed by atoms with Crippen molar-refractivity contribution in [3.63, 3.8) is 0 Å². The molecule has 0 spiro atoms. The number of rotatable bonds is 4. The average molecular weight is 354 g/mol. The fourth-order valence-electron chi connectivity index (χ4n) is 2.62. The average Bonchev–Trinajstić information content (AvgIpc) is 2.87. The number of hydrogen-bond acceptors (Lipinski definition) is 4. The van der Waals surface area contributed by atoms with E-state index in [1.54, 1.807) is 6.20 Å². The maximum atomic E-state index is 12.5. The molecule has 1 saturated heterocycles. The fraction of sp³-hybridized carbons (Fsp3) is 0.714. The Morgan fingerprint density at radius 3 is 2.86 bits per heavy atom. The van der Waals surface area contributed by atoms with E-state index in [-0.39, 0.29) is 36.8 Å². The molecule has 2 rings (SSSR count). The molecule has 1 fully saturated rings. The summed E-state index contributed by atoms with van der Waals surface area (Å²) in [4.78, 5) is 19.6. The van der Waals surface area contributed by atoms with Crippen LogP contribution in [0.2, 0.25) is 0 Å². The Balaban J connectivity index is 0.00000200. The van der Waals surface area contributed by atoms with Gasteiger partial charge in [-0.25, -0.2) is 4.98 Å². The lowest BCUT2D eigenvalue weighted by Gasteiger charge is -2.37. The van der Waals surface area contributed by atoms with Crippen molar-refractivity contribution in [2.75, 3.05) is 13.1 Å². The number of halogens is 2. The first-order chi connectivity index (χ1) is 9.15. The van der Waals surface area contributed by atoms with Gasteiger partial charge in [-0.2, -0.15) is 0 Å². The summed E-state index contributed by atoms with van der Waals surface area (Å²) >= 11 is 1.53. The maximum Gasteiger partial charge on any atom is 0.265 e. The molecule has 0 aromatic carbocycles. The van der Waals surface area contributed by atoms with Crippen molar-refractivity contribution >= 4 is 42.1 Å². The van der Waals surface area contributed by atoms with Gasteiger partial charge in [0.25, 0.3) is 5.91 Å². The molecule has 7 heteroatoms. The van der Waals surface area contributed by atoms with Crippen LogP contribution in [0.3, 0.4) is 0 Å². The summed E-state index contributed by atoms with van der Waals surface area (Å²) in [6.45, 7) is 5.73. The zero-order chi connectivity index (χ0) is 13.8. The third kappa shape index (κ3) is 5.09. The van der Waals surface area contributed by atoms with Crippen LogP contribution in [-0.2, 0) is 6.42 Å². The molecule has 2 N–H and O–H groups in total. The molecule has 0 bridgehead atoms. The van der Waals surface area contributed by atoms with Crippen molar-refractivity contribution < 1.29 is 4.79 Å². The highest BCUT2D eigenvalue weighted by Gasteiger charge is 2.30. The number of aryl methyl sites for hydroxylation is 1. The van der Waals surface area contributed by atoms with Crippen molar-refractivity contribution in [1.29, 1.82) is 0 Å². The fourth-order valence-corrected chi connectivity index (χ4v) is 3.60. The van der Waals surface area contributed by atoms with E-state index in [4.69, 9.17) is 5.73 Å². The molecular formula is C14H25Cl2N3OS. The molecule has 122 valence electrons. The Morgan fingerprint density at radius 2 is 2.24 bits per heavy atom. The van der Waals surface area contributed by atoms with Crippen molar-refractivity contribution in [2.45, 2.75) is 45.6 Å². The van der Waals surface area contributed by atoms with Gasteiger partial charge in [-0.1, -0.05) is 13.8 Å². The minimum atomic E-state index is 0. The second-order valence-electron chi connectivity index (χ2n) is 5.39. The maximum absolute atomic E-state index is 12.5. The van der Waals surface area contributed by atoms with E-state index in [0.717, 1.165) is 42.1 Å². The van der Waals surface area contributed by atoms with E-state index < -0.39 is 0 Å². The highest BCUT2D eigenvalue weighted by atomic mass is 35.5. The number of carbonyl (C=O) groups excluding carboxylic acids is 1. The van der Waals surface area contributed by atoms with Gasteiger partial charge < -0.3 is 10.6 Å². The number of likely N-dealkylation sites (tertiary alicyclic amines) is 1. The highest BCUT2D eigenvalue weighted by Crippen LogP contribution is 2.25. The van der Waals surface area contributed by atoms with Crippen LogP contribution in [0.15, 0.2) is 6.20 Å². The van der Waals surface area contributed by atoms with Gasteiger partial charge in [-0.3, -0.25) is 4.79 Å². The van der Waals surface area contributed by atoms with Gasteiger partial charge >= 0.3 is 0 Å². The van der Waals surface area contributed by atoms with Crippen LogP contribution in [0, 0.1) is 5.92 Å². The molecule has 2 heterocycles. The van der Waals surface area contributed by atoms with Crippen LogP contribution in [0.1, 0.15) is 47.8 Å². The predicted molar refractivity (Wildman–Crippen MR) is 92.9 cm³/mol. The second-order valence-corrected chi connectivity index (χ2v) is 6.50. The topological polar surface area (TPSA) is 59.2 Å². The summed E-state index contributed by atoms with van der Waals surface area (Å²) in [5.41, 5.74) is 5.82. The largest absolute Gasteiger partial charge is 0.334 e. The standard InChI is InChI=1S/C14H23N3OS.2ClH/c1-3-4-13-16-9-12(19-13)14(18)17-6-5-10(2)7-11(17)8-15;;/h9-11H,3-8,15H2,1-2H3;2*1H. The summed E-state index contributed by atoms with van der Waals surface area (Å²) in [5.74, 6) is 0.775. The number of carbonyl (C=O) groups is 1. The first-order valence-corrected chi connectivity index (χ1v) is 7.93. The van der Waals surface area contributed by atoms with Gasteiger partial charge in [-0.05, 0) is 31.6 Å². The summed E-state index contributed by atoms with van der Waals surface area (Å²) < 4.78 is 0. The first-order valence-electron chi connectivity index (χ1n) is 7.11. The monoisotopic (exact) mass is 353 g/mol. The second kappa shape index (κ2) is 9.62. The Labute approximate surface area is 143 Å². The van der Waals surface area contributed by atoms with Crippen LogP contribution in [0.5, 0.6) is 0 Å². The molecule has 1 aliphatic heterocycles. The lowest BCUT2D eigenvalue weighted by atomic mass is 9.92. The van der Waals surface area contributed by atoms with E-state index in [2.05, 4.69) is 18.8 Å². The van der Waals surface area contributed by atoms with Gasteiger partial charge in [0.2, 0.25) is 0 Å². The lowest BCUT2D eigenvalue weighted by Crippen LogP contribution is -2.49. The molecule has 1 aromatic heterocycles. The van der Waals surface area contributed by atoms with E-state index in [1.807, 2.05) is 4.90 Å². The molecule has 2 atom stereocenters. The van der Waals surface area contributed by atoms with Crippen LogP contribution in [-0.4, -0.2) is 34.9 Å². The number of amides is 1. The van der Waals surface area contributed by atoms with Gasteiger partial charge in [0, 0.05) is 19.1 Å². The summed E-state index contributed by atoms with van der Waals surface area (Å²) in [5, 5.41) is 1.06. The Kier molecular flexibility index (Phi) is 9.45. The highest BCUT2D eigenvalue weighted by molar-refractivity contribution is 7.13. The number of nitrogens with zero attached hydrogens (tertiary/aromatic N) is 2. The third-order valence-electron chi connectivity index (χ3n) is 3.74. The first kappa shape index (κ1) is 20.6. The molecule has 0 aliphatic carbocycles. The Hall–Kier alpha value is -0.360. The minimum absolute atomic E-state index is 0. The van der Waals surface area contributed by atoms with Crippen LogP contribution in [0.25, 0.3) is 0 Å². The molecule has 21 heavy (non-hydrogen) atoms. The number of hydrogen-bond donors (Lipinski definition) is 1. The molecule has 2 unspecified atom stereocenters. The number of nitrogens with two attached hydrogens (primary N) is 1. The van der Waals surface area contributed by atoms with Gasteiger partial charge in [0.15, 0.2) is 0 Å². The number of thiazole rings is 1. The summed E-state index contributed by atoms with van der Waals surface area (Å²) in [7, 11) is 0. The number of aromatic nitrogens is 1. The Morgan fingerprint density at radius 1 is 1.52 bits per heavy atom. The summed E-state index contributed by atoms with van der Waals surface area (Å²) in [6, 6.07) is 0.188. The van der Waals surface area contributed by atoms with E-state index in [0.29, 0.717) is 12.5 Å². The van der Waals surface area contributed by atoms with Gasteiger partial charge in [0.1, 0.15) is 4.88 Å². The zero-order valence-electron chi connectivity index (χ0n) is 12.6. The summed E-state index contributed by atoms with van der Waals surface area (Å²) in [6.07, 6.45) is 5.83. The van der Waals surface area contributed by atoms with Gasteiger partial charge in [-0.15, -0.1) is 36.2 Å². The van der Waals surface area contributed by atoms with Crippen LogP contribution < -0.4 is 5.73 Å². The van der Waals surface area contributed by atoms with Crippen molar-refractivity contribution in [3.05, 3.63) is 16.1 Å². The molecule has 1 aliphatic rings. The molecule has 0 radical (unpaired) electrons. The van der Waals surface area contributed by atoms with Gasteiger partial charge in [0.05, 0.1) is 11.2 Å². The normalized spacial score (nSPS) is 21.4. The van der Waals surface area contributed by atoms with E-state index in [9.17, 15) is 4.79 Å². The van der Waals surface area contributed by atoms with E-state index >= 15 is 0 Å². The SMILES string of the molecule is CCCc1ncc(C(=O)N2CCC(C)CC2CN)s1.Cl.Cl. The van der Waals surface area contributed by atoms with E-state index in [1.165, 1.54) is 11.3 Å². The molecular weight excluding hydrogens is 329 g/mol. The predicted octanol–water partition coefficient (Wildman–Crippen LogP) is 3.14. The quantitative estimate of drug-likeness (QED) is 0.904. The molecule has 1 amide bonds. The smallest absolute Gasteiger partial charge is 0.265 e. The number of piperidine rings is 1. The molecule has 4 nitrogen and oxygen atoms in total. The zero-order valence-corrected chi connectivity index (χ0v) is 15.0. The molecule has 1 aromatic rings. The van der Waals surface area contributed by atoms with Crippen molar-refractivity contribution in [1.82, 2.24) is 9.88 Å². The Bertz CT molecular complexity index is 442. The minimum Gasteiger partial charge on any atom is -0.334 e. The molecule has 0 saturated carbocycles. The van der Waals surface area contributed by atoms with Crippen molar-refractivity contribution in [3.8, 4) is 0 Å². The van der Waals surface area contributed by atoms with Crippen LogP contribution in [0.4, 0.5) is 0 Å². The van der Waals surface area contributed by atoms with Crippen molar-refractivity contribution in [2.24, 2.45) is 11.7 Å². The lowest BCUT2D eigenvalue weighted by molar-refractivity contribution is 0.0578. The third-order valence-corrected chi connectivity index (χ3v) is 4.78. The van der Waals surface area contributed by atoms with Crippen LogP contribution >= 0.6 is 36.2 Å².